The summed E-state index contributed by atoms with van der Waals surface area (Å²) in [4.78, 5) is 24.4. The highest BCUT2D eigenvalue weighted by atomic mass is 16.5. The van der Waals surface area contributed by atoms with Gasteiger partial charge in [0.15, 0.2) is 0 Å². The molecule has 0 saturated heterocycles. The molecule has 0 radical (unpaired) electrons. The van der Waals surface area contributed by atoms with Crippen LogP contribution >= 0.6 is 0 Å². The second kappa shape index (κ2) is 47.8. The van der Waals surface area contributed by atoms with Gasteiger partial charge in [-0.2, -0.15) is 0 Å². The Balaban J connectivity index is 3.47. The Morgan fingerprint density at radius 3 is 1.40 bits per heavy atom. The van der Waals surface area contributed by atoms with Crippen LogP contribution in [0.5, 0.6) is 0 Å². The van der Waals surface area contributed by atoms with Gasteiger partial charge in [-0.15, -0.1) is 0 Å². The number of unbranched alkanes of at least 4 members (excludes halogenated alkanes) is 29. The Morgan fingerprint density at radius 2 is 0.897 bits per heavy atom. The van der Waals surface area contributed by atoms with Crippen molar-refractivity contribution in [1.29, 1.82) is 0 Å². The summed E-state index contributed by atoms with van der Waals surface area (Å²) in [5.41, 5.74) is 0. The topological polar surface area (TPSA) is 95.9 Å². The molecule has 6 heteroatoms. The number of nitrogens with one attached hydrogen (secondary N) is 1. The molecule has 58 heavy (non-hydrogen) atoms. The van der Waals surface area contributed by atoms with Gasteiger partial charge in [0.1, 0.15) is 0 Å². The first-order valence-corrected chi connectivity index (χ1v) is 25.2. The maximum absolute atomic E-state index is 12.4. The molecule has 0 aliphatic carbocycles. The van der Waals surface area contributed by atoms with E-state index in [4.69, 9.17) is 4.74 Å². The summed E-state index contributed by atoms with van der Waals surface area (Å²) in [5, 5.41) is 23.1. The number of carbonyl (C=O) groups excluding carboxylic acids is 2. The Morgan fingerprint density at radius 1 is 0.483 bits per heavy atom. The maximum Gasteiger partial charge on any atom is 0.305 e. The van der Waals surface area contributed by atoms with Gasteiger partial charge in [-0.25, -0.2) is 0 Å². The number of esters is 1. The van der Waals surface area contributed by atoms with Crippen LogP contribution in [0.4, 0.5) is 0 Å². The molecule has 0 bridgehead atoms. The van der Waals surface area contributed by atoms with Gasteiger partial charge in [0, 0.05) is 12.8 Å². The molecule has 0 aliphatic heterocycles. The second-order valence-electron chi connectivity index (χ2n) is 17.1. The smallest absolute Gasteiger partial charge is 0.305 e. The zero-order chi connectivity index (χ0) is 42.3. The lowest BCUT2D eigenvalue weighted by molar-refractivity contribution is -0.143. The third kappa shape index (κ3) is 43.7. The van der Waals surface area contributed by atoms with Crippen LogP contribution in [0.1, 0.15) is 258 Å². The fraction of sp³-hybridized carbons (Fsp3) is 0.846. The number of allylic oxidation sites excluding steroid dienone is 6. The fourth-order valence-electron chi connectivity index (χ4n) is 7.49. The monoisotopic (exact) mass is 816 g/mol. The van der Waals surface area contributed by atoms with Crippen molar-refractivity contribution >= 4 is 11.9 Å². The molecule has 6 nitrogen and oxygen atoms in total. The molecule has 0 saturated carbocycles. The molecule has 0 spiro atoms. The summed E-state index contributed by atoms with van der Waals surface area (Å²) in [5.74, 6) is -0.0675. The quantitative estimate of drug-likeness (QED) is 0.0323. The van der Waals surface area contributed by atoms with E-state index in [9.17, 15) is 19.8 Å². The fourth-order valence-corrected chi connectivity index (χ4v) is 7.49. The van der Waals surface area contributed by atoms with Crippen LogP contribution in [0.2, 0.25) is 0 Å². The highest BCUT2D eigenvalue weighted by molar-refractivity contribution is 5.76. The van der Waals surface area contributed by atoms with E-state index in [2.05, 4.69) is 55.6 Å². The molecular weight excluding hydrogens is 719 g/mol. The molecule has 2 atom stereocenters. The van der Waals surface area contributed by atoms with Crippen LogP contribution in [0.15, 0.2) is 36.5 Å². The minimum absolute atomic E-state index is 0.0179. The lowest BCUT2D eigenvalue weighted by Gasteiger charge is -2.22. The number of hydrogen-bond donors (Lipinski definition) is 3. The van der Waals surface area contributed by atoms with Gasteiger partial charge in [0.25, 0.3) is 0 Å². The highest BCUT2D eigenvalue weighted by Crippen LogP contribution is 2.15. The predicted octanol–water partition coefficient (Wildman–Crippen LogP) is 14.9. The van der Waals surface area contributed by atoms with E-state index in [1.165, 1.54) is 161 Å². The number of aliphatic hydroxyl groups excluding tert-OH is 2. The first kappa shape index (κ1) is 56.1. The third-order valence-electron chi connectivity index (χ3n) is 11.4. The van der Waals surface area contributed by atoms with Crippen LogP contribution in [-0.2, 0) is 14.3 Å². The van der Waals surface area contributed by atoms with Gasteiger partial charge >= 0.3 is 5.97 Å². The molecule has 2 unspecified atom stereocenters. The summed E-state index contributed by atoms with van der Waals surface area (Å²) in [6.07, 6.45) is 56.8. The minimum Gasteiger partial charge on any atom is -0.466 e. The normalized spacial score (nSPS) is 13.0. The van der Waals surface area contributed by atoms with Gasteiger partial charge in [0.05, 0.1) is 25.4 Å². The molecule has 1 amide bonds. The SMILES string of the molecule is CCC/C=C\C/C=C\CCCCCCCC(=O)OCCCCCCCC/C=C\CCCCCCCCCC(=O)NC(CO)C(O)CCCCCCCCCCCCC. The number of aliphatic hydroxyl groups is 2. The van der Waals surface area contributed by atoms with E-state index >= 15 is 0 Å². The molecule has 340 valence electrons. The highest BCUT2D eigenvalue weighted by Gasteiger charge is 2.20. The number of amides is 1. The summed E-state index contributed by atoms with van der Waals surface area (Å²) < 4.78 is 5.44. The van der Waals surface area contributed by atoms with Gasteiger partial charge in [-0.3, -0.25) is 9.59 Å². The van der Waals surface area contributed by atoms with Gasteiger partial charge in [-0.05, 0) is 77.0 Å². The molecule has 3 N–H and O–H groups in total. The lowest BCUT2D eigenvalue weighted by Crippen LogP contribution is -2.45. The van der Waals surface area contributed by atoms with Crippen LogP contribution in [0.3, 0.4) is 0 Å². The van der Waals surface area contributed by atoms with Crippen LogP contribution in [0.25, 0.3) is 0 Å². The molecule has 0 rings (SSSR count). The minimum atomic E-state index is -0.671. The zero-order valence-corrected chi connectivity index (χ0v) is 38.5. The van der Waals surface area contributed by atoms with E-state index in [1.54, 1.807) is 0 Å². The van der Waals surface area contributed by atoms with Crippen LogP contribution < -0.4 is 5.32 Å². The first-order valence-electron chi connectivity index (χ1n) is 25.2. The number of hydrogen-bond acceptors (Lipinski definition) is 5. The number of carbonyl (C=O) groups is 2. The predicted molar refractivity (Wildman–Crippen MR) is 250 cm³/mol. The summed E-state index contributed by atoms with van der Waals surface area (Å²) in [6, 6.07) is -0.549. The van der Waals surface area contributed by atoms with E-state index in [0.717, 1.165) is 64.2 Å². The Bertz CT molecular complexity index is 946. The molecule has 0 aliphatic rings. The Labute approximate surface area is 360 Å². The lowest BCUT2D eigenvalue weighted by atomic mass is 10.0. The molecule has 0 aromatic rings. The third-order valence-corrected chi connectivity index (χ3v) is 11.4. The maximum atomic E-state index is 12.4. The average molecular weight is 816 g/mol. The standard InChI is InChI=1S/C52H97NO5/c1-3-5-7-9-11-13-15-21-26-30-34-38-42-46-52(57)58-47-43-39-35-31-27-23-20-18-16-17-19-22-25-29-33-37-41-45-51(56)53-49(48-54)50(55)44-40-36-32-28-24-14-12-10-8-6-4-2/h7,9,13,15-16,18,49-50,54-55H,3-6,8,10-12,14,17,19-48H2,1-2H3,(H,53,56)/b9-7-,15-13-,18-16-. The molecule has 0 fully saturated rings. The molecule has 0 aromatic heterocycles. The average Bonchev–Trinajstić information content (AvgIpc) is 3.22. The molecular formula is C52H97NO5. The van der Waals surface area contributed by atoms with Crippen molar-refractivity contribution < 1.29 is 24.5 Å². The van der Waals surface area contributed by atoms with Crippen molar-refractivity contribution in [3.05, 3.63) is 36.5 Å². The molecule has 0 heterocycles. The van der Waals surface area contributed by atoms with Crippen molar-refractivity contribution in [2.75, 3.05) is 13.2 Å². The first-order chi connectivity index (χ1) is 28.5. The van der Waals surface area contributed by atoms with Crippen molar-refractivity contribution in [1.82, 2.24) is 5.32 Å². The Hall–Kier alpha value is -1.92. The van der Waals surface area contributed by atoms with E-state index in [0.29, 0.717) is 25.9 Å². The number of ether oxygens (including phenoxy) is 1. The van der Waals surface area contributed by atoms with Crippen molar-refractivity contribution in [3.8, 4) is 0 Å². The van der Waals surface area contributed by atoms with E-state index in [1.807, 2.05) is 0 Å². The largest absolute Gasteiger partial charge is 0.466 e. The van der Waals surface area contributed by atoms with Crippen LogP contribution in [-0.4, -0.2) is 47.4 Å². The summed E-state index contributed by atoms with van der Waals surface area (Å²) in [7, 11) is 0. The van der Waals surface area contributed by atoms with E-state index in [-0.39, 0.29) is 18.5 Å². The van der Waals surface area contributed by atoms with Gasteiger partial charge in [0.2, 0.25) is 5.91 Å². The number of rotatable bonds is 46. The summed E-state index contributed by atoms with van der Waals surface area (Å²) >= 11 is 0. The van der Waals surface area contributed by atoms with Gasteiger partial charge < -0.3 is 20.3 Å². The molecule has 0 aromatic carbocycles. The summed E-state index contributed by atoms with van der Waals surface area (Å²) in [6.45, 7) is 4.84. The van der Waals surface area contributed by atoms with Crippen LogP contribution in [0, 0.1) is 0 Å². The van der Waals surface area contributed by atoms with Crippen molar-refractivity contribution in [3.63, 3.8) is 0 Å². The van der Waals surface area contributed by atoms with Crippen molar-refractivity contribution in [2.45, 2.75) is 270 Å². The zero-order valence-electron chi connectivity index (χ0n) is 38.5. The van der Waals surface area contributed by atoms with E-state index < -0.39 is 12.1 Å². The van der Waals surface area contributed by atoms with Gasteiger partial charge in [-0.1, -0.05) is 204 Å². The second-order valence-corrected chi connectivity index (χ2v) is 17.1. The van der Waals surface area contributed by atoms with Crippen molar-refractivity contribution in [2.24, 2.45) is 0 Å². The Kier molecular flexibility index (Phi) is 46.2.